The van der Waals surface area contributed by atoms with Gasteiger partial charge in [0.1, 0.15) is 12.1 Å². The van der Waals surface area contributed by atoms with Crippen molar-refractivity contribution in [1.82, 2.24) is 0 Å². The largest absolute Gasteiger partial charge is 0.238 e. The van der Waals surface area contributed by atoms with E-state index in [1.165, 1.54) is 0 Å². The van der Waals surface area contributed by atoms with Gasteiger partial charge in [0.05, 0.1) is 42.5 Å². The van der Waals surface area contributed by atoms with E-state index in [1.54, 1.807) is 36.4 Å². The highest BCUT2D eigenvalue weighted by atomic mass is 14.7. The molecule has 0 spiro atoms. The molecule has 0 radical (unpaired) electrons. The van der Waals surface area contributed by atoms with Gasteiger partial charge in [-0.05, 0) is 79.9 Å². The summed E-state index contributed by atoms with van der Waals surface area (Å²) in [5.74, 6) is 0. The highest BCUT2D eigenvalue weighted by Crippen LogP contribution is 2.53. The molecule has 0 unspecified atom stereocenters. The summed E-state index contributed by atoms with van der Waals surface area (Å²) in [5.41, 5.74) is 9.53. The first kappa shape index (κ1) is 30.6. The zero-order valence-corrected chi connectivity index (χ0v) is 26.2. The lowest BCUT2D eigenvalue weighted by atomic mass is 9.87. The summed E-state index contributed by atoms with van der Waals surface area (Å²) >= 11 is 0. The van der Waals surface area contributed by atoms with Crippen molar-refractivity contribution in [2.45, 2.75) is 0 Å². The molecule has 0 saturated heterocycles. The summed E-state index contributed by atoms with van der Waals surface area (Å²) in [4.78, 5) is 11.5. The maximum absolute atomic E-state index is 10.6. The second-order valence-electron chi connectivity index (χ2n) is 11.4. The van der Waals surface area contributed by atoms with E-state index < -0.39 is 0 Å². The van der Waals surface area contributed by atoms with E-state index in [0.29, 0.717) is 101 Å². The SMILES string of the molecule is [C-]#[N+]C1=C(c2cccc(C3=C(C#N)c4cc([N+]#[C-])ccc4/C3=C(/C#N)c3ccccc3)c2)/C(=C(\[N+]#[C-])c2ccccc2)c2ccc(C#N)cc21. The lowest BCUT2D eigenvalue weighted by Gasteiger charge is -2.16. The monoisotopic (exact) mass is 632 g/mol. The van der Waals surface area contributed by atoms with Gasteiger partial charge in [-0.1, -0.05) is 97.1 Å². The molecule has 0 saturated carbocycles. The molecular weight excluding hydrogens is 613 g/mol. The highest BCUT2D eigenvalue weighted by molar-refractivity contribution is 6.32. The smallest absolute Gasteiger partial charge is 0.201 e. The molecule has 0 aliphatic heterocycles. The van der Waals surface area contributed by atoms with Crippen LogP contribution in [0, 0.1) is 53.7 Å². The molecule has 0 heterocycles. The number of hydrogen-bond donors (Lipinski definition) is 0. The van der Waals surface area contributed by atoms with E-state index >= 15 is 0 Å². The van der Waals surface area contributed by atoms with Gasteiger partial charge in [0.25, 0.3) is 0 Å². The molecule has 0 N–H and O–H groups in total. The van der Waals surface area contributed by atoms with Gasteiger partial charge in [-0.2, -0.15) is 15.8 Å². The molecule has 7 rings (SSSR count). The second-order valence-corrected chi connectivity index (χ2v) is 11.4. The first-order chi connectivity index (χ1) is 24.6. The summed E-state index contributed by atoms with van der Waals surface area (Å²) < 4.78 is 0. The van der Waals surface area contributed by atoms with Crippen molar-refractivity contribution in [2.24, 2.45) is 0 Å². The predicted molar refractivity (Wildman–Crippen MR) is 195 cm³/mol. The molecule has 0 bridgehead atoms. The van der Waals surface area contributed by atoms with Gasteiger partial charge >= 0.3 is 0 Å². The third kappa shape index (κ3) is 4.85. The van der Waals surface area contributed by atoms with Crippen molar-refractivity contribution in [3.63, 3.8) is 0 Å². The molecule has 50 heavy (non-hydrogen) atoms. The van der Waals surface area contributed by atoms with Crippen LogP contribution in [-0.4, -0.2) is 0 Å². The quantitative estimate of drug-likeness (QED) is 0.146. The lowest BCUT2D eigenvalue weighted by Crippen LogP contribution is -1.95. The topological polar surface area (TPSA) is 84.4 Å². The molecule has 2 aliphatic carbocycles. The Morgan fingerprint density at radius 1 is 0.540 bits per heavy atom. The van der Waals surface area contributed by atoms with E-state index in [4.69, 9.17) is 19.7 Å². The average molecular weight is 633 g/mol. The number of nitriles is 3. The van der Waals surface area contributed by atoms with E-state index in [-0.39, 0.29) is 0 Å². The van der Waals surface area contributed by atoms with E-state index in [9.17, 15) is 15.8 Å². The minimum Gasteiger partial charge on any atom is -0.238 e. The second kappa shape index (κ2) is 12.7. The van der Waals surface area contributed by atoms with Crippen LogP contribution in [0.25, 0.3) is 59.4 Å². The Kier molecular flexibility index (Phi) is 7.76. The van der Waals surface area contributed by atoms with Gasteiger partial charge in [0.2, 0.25) is 11.4 Å². The molecule has 0 amide bonds. The molecule has 5 aromatic rings. The molecule has 6 heteroatoms. The third-order valence-electron chi connectivity index (χ3n) is 8.81. The number of rotatable bonds is 4. The maximum Gasteiger partial charge on any atom is 0.201 e. The molecule has 0 atom stereocenters. The zero-order chi connectivity index (χ0) is 34.8. The summed E-state index contributed by atoms with van der Waals surface area (Å²) in [6.07, 6.45) is 0. The summed E-state index contributed by atoms with van der Waals surface area (Å²) in [6, 6.07) is 43.3. The maximum atomic E-state index is 10.6. The Hall–Kier alpha value is -8.00. The van der Waals surface area contributed by atoms with Crippen LogP contribution < -0.4 is 0 Å². The minimum atomic E-state index is 0.310. The fourth-order valence-corrected chi connectivity index (χ4v) is 6.70. The first-order valence-electron chi connectivity index (χ1n) is 15.4. The van der Waals surface area contributed by atoms with Crippen LogP contribution in [0.15, 0.2) is 121 Å². The van der Waals surface area contributed by atoms with Crippen molar-refractivity contribution >= 4 is 50.5 Å². The minimum absolute atomic E-state index is 0.310. The van der Waals surface area contributed by atoms with Crippen LogP contribution in [0.4, 0.5) is 5.69 Å². The van der Waals surface area contributed by atoms with Crippen molar-refractivity contribution in [3.8, 4) is 18.2 Å². The van der Waals surface area contributed by atoms with Crippen molar-refractivity contribution in [1.29, 1.82) is 15.8 Å². The third-order valence-corrected chi connectivity index (χ3v) is 8.81. The van der Waals surface area contributed by atoms with Crippen LogP contribution in [0.2, 0.25) is 0 Å². The fourth-order valence-electron chi connectivity index (χ4n) is 6.70. The van der Waals surface area contributed by atoms with Crippen molar-refractivity contribution in [2.75, 3.05) is 0 Å². The van der Waals surface area contributed by atoms with Gasteiger partial charge in [-0.15, -0.1) is 0 Å². The lowest BCUT2D eigenvalue weighted by molar-refractivity contribution is 1.47. The highest BCUT2D eigenvalue weighted by Gasteiger charge is 2.34. The molecule has 0 fully saturated rings. The Balaban J connectivity index is 1.55. The summed E-state index contributed by atoms with van der Waals surface area (Å²) in [6.45, 7) is 24.2. The Bertz CT molecular complexity index is 2500. The molecule has 0 aromatic heterocycles. The van der Waals surface area contributed by atoms with Gasteiger partial charge < -0.3 is 0 Å². The fraction of sp³-hybridized carbons (Fsp3) is 0. The number of benzene rings is 5. The number of nitrogens with zero attached hydrogens (tertiary/aromatic N) is 6. The van der Waals surface area contributed by atoms with Crippen molar-refractivity contribution < 1.29 is 0 Å². The molecule has 226 valence electrons. The number of fused-ring (bicyclic) bond motifs is 2. The number of hydrogen-bond acceptors (Lipinski definition) is 3. The zero-order valence-electron chi connectivity index (χ0n) is 26.2. The van der Waals surface area contributed by atoms with Gasteiger partial charge in [0, 0.05) is 11.1 Å². The normalized spacial score (nSPS) is 14.6. The van der Waals surface area contributed by atoms with Crippen LogP contribution in [-0.2, 0) is 0 Å². The van der Waals surface area contributed by atoms with E-state index in [2.05, 4.69) is 32.7 Å². The van der Waals surface area contributed by atoms with Crippen molar-refractivity contribution in [3.05, 3.63) is 206 Å². The molecule has 5 aromatic carbocycles. The molecule has 2 aliphatic rings. The van der Waals surface area contributed by atoms with Crippen LogP contribution in [0.5, 0.6) is 0 Å². The summed E-state index contributed by atoms with van der Waals surface area (Å²) in [7, 11) is 0. The molecule has 6 nitrogen and oxygen atoms in total. The van der Waals surface area contributed by atoms with E-state index in [1.807, 2.05) is 84.9 Å². The standard InChI is InChI=1S/C44H20N6/c1-48-32-18-20-33-35(23-32)38(26-47)39(41(33)37(25-46)28-11-6-4-7-12-28)30-15-10-16-31(22-30)40-42(43(49-2)29-13-8-5-9-14-29)34-19-17-27(24-45)21-36(34)44(40)50-3/h4-23H/b41-37+,43-42-. The van der Waals surface area contributed by atoms with E-state index in [0.717, 1.165) is 0 Å². The van der Waals surface area contributed by atoms with Crippen LogP contribution in [0.1, 0.15) is 50.1 Å². The number of allylic oxidation sites excluding steroid dienone is 6. The van der Waals surface area contributed by atoms with Crippen LogP contribution >= 0.6 is 0 Å². The predicted octanol–water partition coefficient (Wildman–Crippen LogP) is 10.6. The van der Waals surface area contributed by atoms with Gasteiger partial charge in [-0.3, -0.25) is 0 Å². The summed E-state index contributed by atoms with van der Waals surface area (Å²) in [5, 5.41) is 31.0. The average Bonchev–Trinajstić information content (AvgIpc) is 3.68. The Labute approximate surface area is 289 Å². The van der Waals surface area contributed by atoms with Gasteiger partial charge in [0.15, 0.2) is 5.69 Å². The van der Waals surface area contributed by atoms with Gasteiger partial charge in [-0.25, -0.2) is 14.5 Å². The molecular formula is C44H20N6. The Morgan fingerprint density at radius 3 is 1.82 bits per heavy atom. The Morgan fingerprint density at radius 2 is 1.20 bits per heavy atom. The first-order valence-corrected chi connectivity index (χ1v) is 15.4. The van der Waals surface area contributed by atoms with Crippen LogP contribution in [0.3, 0.4) is 0 Å².